The average Bonchev–Trinajstić information content (AvgIpc) is 2.53. The Morgan fingerprint density at radius 1 is 0.870 bits per heavy atom. The molecule has 0 bridgehead atoms. The maximum atomic E-state index is 10.4. The summed E-state index contributed by atoms with van der Waals surface area (Å²) >= 11 is 0. The van der Waals surface area contributed by atoms with Crippen LogP contribution < -0.4 is 5.32 Å². The Morgan fingerprint density at radius 2 is 1.39 bits per heavy atom. The van der Waals surface area contributed by atoms with Crippen LogP contribution in [0, 0.1) is 0 Å². The van der Waals surface area contributed by atoms with Crippen molar-refractivity contribution in [1.82, 2.24) is 5.32 Å². The summed E-state index contributed by atoms with van der Waals surface area (Å²) in [7, 11) is 1.93. The van der Waals surface area contributed by atoms with Gasteiger partial charge in [0.1, 0.15) is 0 Å². The van der Waals surface area contributed by atoms with Gasteiger partial charge in [-0.05, 0) is 26.3 Å². The van der Waals surface area contributed by atoms with Crippen molar-refractivity contribution in [2.24, 2.45) is 0 Å². The summed E-state index contributed by atoms with van der Waals surface area (Å²) in [5.41, 5.74) is 0. The number of rotatable bonds is 17. The standard InChI is InChI=1S/C19H39NO3/c1-3-4-5-6-9-12-15-18(21)17(20-2)14-11-8-7-10-13-16-19(22)23/h17-18,20-21H,3-16H2,1-2H3,(H,22,23). The van der Waals surface area contributed by atoms with Crippen LogP contribution in [0.5, 0.6) is 0 Å². The Morgan fingerprint density at radius 3 is 1.96 bits per heavy atom. The second-order valence-electron chi connectivity index (χ2n) is 6.72. The molecule has 0 saturated heterocycles. The Labute approximate surface area is 143 Å². The fourth-order valence-electron chi connectivity index (χ4n) is 3.03. The molecule has 4 nitrogen and oxygen atoms in total. The van der Waals surface area contributed by atoms with Crippen molar-refractivity contribution >= 4 is 5.97 Å². The van der Waals surface area contributed by atoms with Crippen LogP contribution in [-0.4, -0.2) is 35.4 Å². The number of carboxylic acid groups (broad SMARTS) is 1. The molecular formula is C19H39NO3. The van der Waals surface area contributed by atoms with Gasteiger partial charge in [0.15, 0.2) is 0 Å². The van der Waals surface area contributed by atoms with E-state index in [9.17, 15) is 9.90 Å². The molecule has 23 heavy (non-hydrogen) atoms. The summed E-state index contributed by atoms with van der Waals surface area (Å²) in [5.74, 6) is -0.696. The Kier molecular flexibility index (Phi) is 15.8. The first-order valence-corrected chi connectivity index (χ1v) is 9.69. The van der Waals surface area contributed by atoms with Gasteiger partial charge in [-0.2, -0.15) is 0 Å². The first-order valence-electron chi connectivity index (χ1n) is 9.69. The molecule has 2 atom stereocenters. The summed E-state index contributed by atoms with van der Waals surface area (Å²) in [5, 5.41) is 22.1. The highest BCUT2D eigenvalue weighted by Gasteiger charge is 2.16. The van der Waals surface area contributed by atoms with Gasteiger partial charge >= 0.3 is 5.97 Å². The number of likely N-dealkylation sites (N-methyl/N-ethyl adjacent to an activating group) is 1. The quantitative estimate of drug-likeness (QED) is 0.344. The van der Waals surface area contributed by atoms with Crippen molar-refractivity contribution in [1.29, 1.82) is 0 Å². The lowest BCUT2D eigenvalue weighted by atomic mass is 9.97. The van der Waals surface area contributed by atoms with Gasteiger partial charge in [0.05, 0.1) is 6.10 Å². The van der Waals surface area contributed by atoms with Gasteiger partial charge in [0.2, 0.25) is 0 Å². The largest absolute Gasteiger partial charge is 0.481 e. The van der Waals surface area contributed by atoms with E-state index in [4.69, 9.17) is 5.11 Å². The smallest absolute Gasteiger partial charge is 0.303 e. The fourth-order valence-corrected chi connectivity index (χ4v) is 3.03. The van der Waals surface area contributed by atoms with Crippen LogP contribution in [0.25, 0.3) is 0 Å². The predicted molar refractivity (Wildman–Crippen MR) is 96.8 cm³/mol. The van der Waals surface area contributed by atoms with E-state index in [0.29, 0.717) is 0 Å². The van der Waals surface area contributed by atoms with Gasteiger partial charge in [0, 0.05) is 12.5 Å². The molecule has 0 aromatic heterocycles. The average molecular weight is 330 g/mol. The van der Waals surface area contributed by atoms with Crippen LogP contribution >= 0.6 is 0 Å². The van der Waals surface area contributed by atoms with E-state index in [0.717, 1.165) is 51.4 Å². The van der Waals surface area contributed by atoms with Gasteiger partial charge in [-0.15, -0.1) is 0 Å². The molecule has 0 fully saturated rings. The Bertz CT molecular complexity index is 271. The van der Waals surface area contributed by atoms with Crippen LogP contribution in [0.2, 0.25) is 0 Å². The van der Waals surface area contributed by atoms with E-state index in [1.165, 1.54) is 32.1 Å². The Balaban J connectivity index is 3.57. The normalized spacial score (nSPS) is 13.9. The molecule has 0 aliphatic heterocycles. The molecule has 0 radical (unpaired) electrons. The van der Waals surface area contributed by atoms with Crippen LogP contribution in [0.1, 0.15) is 96.8 Å². The molecule has 0 amide bonds. The van der Waals surface area contributed by atoms with Gasteiger partial charge < -0.3 is 15.5 Å². The van der Waals surface area contributed by atoms with Crippen LogP contribution in [0.15, 0.2) is 0 Å². The fraction of sp³-hybridized carbons (Fsp3) is 0.947. The van der Waals surface area contributed by atoms with E-state index >= 15 is 0 Å². The molecule has 0 spiro atoms. The molecule has 0 heterocycles. The lowest BCUT2D eigenvalue weighted by Crippen LogP contribution is -2.37. The highest BCUT2D eigenvalue weighted by molar-refractivity contribution is 5.66. The van der Waals surface area contributed by atoms with Crippen molar-refractivity contribution in [3.63, 3.8) is 0 Å². The van der Waals surface area contributed by atoms with E-state index < -0.39 is 5.97 Å². The van der Waals surface area contributed by atoms with Gasteiger partial charge in [-0.25, -0.2) is 0 Å². The van der Waals surface area contributed by atoms with E-state index in [2.05, 4.69) is 12.2 Å². The van der Waals surface area contributed by atoms with Gasteiger partial charge in [-0.3, -0.25) is 4.79 Å². The van der Waals surface area contributed by atoms with Crippen molar-refractivity contribution in [3.05, 3.63) is 0 Å². The van der Waals surface area contributed by atoms with Crippen LogP contribution in [0.4, 0.5) is 0 Å². The van der Waals surface area contributed by atoms with Crippen molar-refractivity contribution < 1.29 is 15.0 Å². The number of aliphatic carboxylic acids is 1. The zero-order valence-corrected chi connectivity index (χ0v) is 15.4. The predicted octanol–water partition coefficient (Wildman–Crippen LogP) is 4.50. The third kappa shape index (κ3) is 14.7. The second-order valence-corrected chi connectivity index (χ2v) is 6.72. The molecule has 0 saturated carbocycles. The third-order valence-corrected chi connectivity index (χ3v) is 4.59. The van der Waals surface area contributed by atoms with E-state index in [-0.39, 0.29) is 18.6 Å². The van der Waals surface area contributed by atoms with Gasteiger partial charge in [0.25, 0.3) is 0 Å². The molecule has 0 aromatic carbocycles. The molecule has 4 heteroatoms. The highest BCUT2D eigenvalue weighted by Crippen LogP contribution is 2.15. The zero-order valence-electron chi connectivity index (χ0n) is 15.4. The second kappa shape index (κ2) is 16.3. The first kappa shape index (κ1) is 22.4. The summed E-state index contributed by atoms with van der Waals surface area (Å²) in [6, 6.07) is 0.199. The lowest BCUT2D eigenvalue weighted by Gasteiger charge is -2.22. The first-order chi connectivity index (χ1) is 11.1. The molecular weight excluding hydrogens is 290 g/mol. The number of hydrogen-bond acceptors (Lipinski definition) is 3. The maximum absolute atomic E-state index is 10.4. The van der Waals surface area contributed by atoms with E-state index in [1.807, 2.05) is 7.05 Å². The molecule has 0 aromatic rings. The molecule has 0 aliphatic carbocycles. The third-order valence-electron chi connectivity index (χ3n) is 4.59. The van der Waals surface area contributed by atoms with Crippen molar-refractivity contribution in [2.45, 2.75) is 109 Å². The van der Waals surface area contributed by atoms with E-state index in [1.54, 1.807) is 0 Å². The molecule has 3 N–H and O–H groups in total. The van der Waals surface area contributed by atoms with Gasteiger partial charge in [-0.1, -0.05) is 71.1 Å². The summed E-state index contributed by atoms with van der Waals surface area (Å²) < 4.78 is 0. The number of carbonyl (C=O) groups is 1. The monoisotopic (exact) mass is 329 g/mol. The summed E-state index contributed by atoms with van der Waals surface area (Å²) in [6.07, 6.45) is 14.6. The molecule has 138 valence electrons. The van der Waals surface area contributed by atoms with Crippen LogP contribution in [-0.2, 0) is 4.79 Å². The molecule has 0 aliphatic rings. The topological polar surface area (TPSA) is 69.6 Å². The highest BCUT2D eigenvalue weighted by atomic mass is 16.4. The summed E-state index contributed by atoms with van der Waals surface area (Å²) in [4.78, 5) is 10.4. The lowest BCUT2D eigenvalue weighted by molar-refractivity contribution is -0.137. The van der Waals surface area contributed by atoms with Crippen LogP contribution in [0.3, 0.4) is 0 Å². The zero-order chi connectivity index (χ0) is 17.3. The number of aliphatic hydroxyl groups is 1. The number of carboxylic acids is 1. The maximum Gasteiger partial charge on any atom is 0.303 e. The minimum Gasteiger partial charge on any atom is -0.481 e. The molecule has 2 unspecified atom stereocenters. The number of aliphatic hydroxyl groups excluding tert-OH is 1. The Hall–Kier alpha value is -0.610. The number of nitrogens with one attached hydrogen (secondary N) is 1. The summed E-state index contributed by atoms with van der Waals surface area (Å²) in [6.45, 7) is 2.23. The van der Waals surface area contributed by atoms with Crippen molar-refractivity contribution in [3.8, 4) is 0 Å². The minimum atomic E-state index is -0.696. The minimum absolute atomic E-state index is 0.199. The number of hydrogen-bond donors (Lipinski definition) is 3. The number of unbranched alkanes of at least 4 members (excludes halogenated alkanes) is 9. The SMILES string of the molecule is CCCCCCCCC(O)C(CCCCCCCC(=O)O)NC. The van der Waals surface area contributed by atoms with Crippen molar-refractivity contribution in [2.75, 3.05) is 7.05 Å². The molecule has 0 rings (SSSR count).